The van der Waals surface area contributed by atoms with E-state index in [0.717, 1.165) is 0 Å². The summed E-state index contributed by atoms with van der Waals surface area (Å²) in [4.78, 5) is 25.1. The predicted molar refractivity (Wildman–Crippen MR) is 96.8 cm³/mol. The molecule has 3 nitrogen and oxygen atoms in total. The largest absolute Gasteiger partial charge is 0.457 e. The van der Waals surface area contributed by atoms with Crippen molar-refractivity contribution in [1.29, 1.82) is 0 Å². The lowest BCUT2D eigenvalue weighted by molar-refractivity contribution is 0.0470. The zero-order valence-corrected chi connectivity index (χ0v) is 14.4. The molecule has 0 saturated heterocycles. The predicted octanol–water partition coefficient (Wildman–Crippen LogP) is 5.07. The van der Waals surface area contributed by atoms with E-state index in [1.807, 2.05) is 0 Å². The molecule has 3 rings (SSSR count). The van der Waals surface area contributed by atoms with Gasteiger partial charge >= 0.3 is 5.97 Å². The molecule has 0 aliphatic heterocycles. The molecular formula is C21H14ClFO3. The Balaban J connectivity index is 1.79. The monoisotopic (exact) mass is 368 g/mol. The van der Waals surface area contributed by atoms with Crippen molar-refractivity contribution < 1.29 is 18.7 Å². The van der Waals surface area contributed by atoms with Crippen LogP contribution >= 0.6 is 11.6 Å². The number of halogens is 2. The molecule has 0 bridgehead atoms. The highest BCUT2D eigenvalue weighted by atomic mass is 35.5. The summed E-state index contributed by atoms with van der Waals surface area (Å²) in [5, 5.41) is 0.522. The number of carbonyl (C=O) groups excluding carboxylic acids is 2. The van der Waals surface area contributed by atoms with Crippen LogP contribution in [0.25, 0.3) is 0 Å². The molecule has 3 aromatic carbocycles. The third kappa shape index (κ3) is 4.16. The third-order valence-corrected chi connectivity index (χ3v) is 4.03. The Morgan fingerprint density at radius 2 is 1.46 bits per heavy atom. The van der Waals surface area contributed by atoms with Crippen LogP contribution in [0.1, 0.15) is 31.8 Å². The fourth-order valence-corrected chi connectivity index (χ4v) is 2.55. The molecule has 0 atom stereocenters. The van der Waals surface area contributed by atoms with Gasteiger partial charge in [0.25, 0.3) is 0 Å². The van der Waals surface area contributed by atoms with Crippen LogP contribution in [0.4, 0.5) is 4.39 Å². The van der Waals surface area contributed by atoms with E-state index in [2.05, 4.69) is 0 Å². The molecule has 0 spiro atoms. The molecule has 5 heteroatoms. The summed E-state index contributed by atoms with van der Waals surface area (Å²) in [6.45, 7) is -0.0113. The van der Waals surface area contributed by atoms with Crippen molar-refractivity contribution in [3.8, 4) is 0 Å². The SMILES string of the molecule is O=C(OCc1ccc(F)cc1)c1ccccc1C(=O)c1ccc(Cl)cc1. The van der Waals surface area contributed by atoms with E-state index < -0.39 is 5.97 Å². The average Bonchev–Trinajstić information content (AvgIpc) is 2.67. The number of benzene rings is 3. The second-order valence-corrected chi connectivity index (χ2v) is 6.02. The topological polar surface area (TPSA) is 43.4 Å². The van der Waals surface area contributed by atoms with Gasteiger partial charge in [0.2, 0.25) is 0 Å². The number of rotatable bonds is 5. The van der Waals surface area contributed by atoms with Crippen LogP contribution in [0.5, 0.6) is 0 Å². The number of hydrogen-bond acceptors (Lipinski definition) is 3. The fourth-order valence-electron chi connectivity index (χ4n) is 2.42. The Kier molecular flexibility index (Phi) is 5.44. The molecule has 0 radical (unpaired) electrons. The van der Waals surface area contributed by atoms with E-state index in [-0.39, 0.29) is 29.3 Å². The van der Waals surface area contributed by atoms with Crippen molar-refractivity contribution in [2.75, 3.05) is 0 Å². The molecule has 0 aliphatic rings. The van der Waals surface area contributed by atoms with Gasteiger partial charge in [-0.2, -0.15) is 0 Å². The maximum atomic E-state index is 12.9. The molecule has 0 N–H and O–H groups in total. The number of esters is 1. The van der Waals surface area contributed by atoms with Crippen LogP contribution in [-0.4, -0.2) is 11.8 Å². The van der Waals surface area contributed by atoms with Gasteiger partial charge in [0.15, 0.2) is 5.78 Å². The second-order valence-electron chi connectivity index (χ2n) is 5.58. The van der Waals surface area contributed by atoms with Crippen molar-refractivity contribution in [2.24, 2.45) is 0 Å². The van der Waals surface area contributed by atoms with Crippen LogP contribution < -0.4 is 0 Å². The van der Waals surface area contributed by atoms with Crippen molar-refractivity contribution in [2.45, 2.75) is 6.61 Å². The molecule has 0 aromatic heterocycles. The Labute approximate surface area is 155 Å². The van der Waals surface area contributed by atoms with Gasteiger partial charge in [0.1, 0.15) is 12.4 Å². The van der Waals surface area contributed by atoms with Crippen molar-refractivity contribution in [3.63, 3.8) is 0 Å². The van der Waals surface area contributed by atoms with Crippen LogP contribution in [0, 0.1) is 5.82 Å². The summed E-state index contributed by atoms with van der Waals surface area (Å²) < 4.78 is 18.2. The van der Waals surface area contributed by atoms with E-state index in [0.29, 0.717) is 16.1 Å². The van der Waals surface area contributed by atoms with E-state index in [1.165, 1.54) is 30.3 Å². The summed E-state index contributed by atoms with van der Waals surface area (Å²) in [5.41, 5.74) is 1.50. The van der Waals surface area contributed by atoms with Crippen LogP contribution in [0.15, 0.2) is 72.8 Å². The second kappa shape index (κ2) is 7.93. The first-order valence-electron chi connectivity index (χ1n) is 7.85. The normalized spacial score (nSPS) is 10.4. The zero-order chi connectivity index (χ0) is 18.5. The Hall–Kier alpha value is -2.98. The van der Waals surface area contributed by atoms with E-state index in [4.69, 9.17) is 16.3 Å². The van der Waals surface area contributed by atoms with Crippen LogP contribution in [0.2, 0.25) is 5.02 Å². The van der Waals surface area contributed by atoms with Crippen LogP contribution in [0.3, 0.4) is 0 Å². The first kappa shape index (κ1) is 17.8. The van der Waals surface area contributed by atoms with E-state index in [1.54, 1.807) is 42.5 Å². The van der Waals surface area contributed by atoms with Gasteiger partial charge in [-0.25, -0.2) is 9.18 Å². The highest BCUT2D eigenvalue weighted by Crippen LogP contribution is 2.18. The molecule has 26 heavy (non-hydrogen) atoms. The van der Waals surface area contributed by atoms with Gasteiger partial charge in [0, 0.05) is 16.1 Å². The Bertz CT molecular complexity index is 934. The third-order valence-electron chi connectivity index (χ3n) is 3.78. The first-order valence-corrected chi connectivity index (χ1v) is 8.23. The lowest BCUT2D eigenvalue weighted by atomic mass is 9.98. The Morgan fingerprint density at radius 3 is 2.12 bits per heavy atom. The lowest BCUT2D eigenvalue weighted by Crippen LogP contribution is -2.12. The maximum absolute atomic E-state index is 12.9. The molecular weight excluding hydrogens is 355 g/mol. The minimum Gasteiger partial charge on any atom is -0.457 e. The van der Waals surface area contributed by atoms with Gasteiger partial charge < -0.3 is 4.74 Å². The summed E-state index contributed by atoms with van der Waals surface area (Å²) in [7, 11) is 0. The minimum atomic E-state index is -0.618. The maximum Gasteiger partial charge on any atom is 0.339 e. The van der Waals surface area contributed by atoms with E-state index in [9.17, 15) is 14.0 Å². The van der Waals surface area contributed by atoms with Gasteiger partial charge in [-0.15, -0.1) is 0 Å². The number of ether oxygens (including phenoxy) is 1. The van der Waals surface area contributed by atoms with Crippen molar-refractivity contribution in [3.05, 3.63) is 106 Å². The standard InChI is InChI=1S/C21H14ClFO3/c22-16-9-7-15(8-10-16)20(24)18-3-1-2-4-19(18)21(25)26-13-14-5-11-17(23)12-6-14/h1-12H,13H2. The molecule has 0 fully saturated rings. The first-order chi connectivity index (χ1) is 12.5. The Morgan fingerprint density at radius 1 is 0.846 bits per heavy atom. The molecule has 0 amide bonds. The molecule has 3 aromatic rings. The van der Waals surface area contributed by atoms with Gasteiger partial charge in [0.05, 0.1) is 5.56 Å². The van der Waals surface area contributed by atoms with E-state index >= 15 is 0 Å². The minimum absolute atomic E-state index is 0.0113. The van der Waals surface area contributed by atoms with Crippen LogP contribution in [-0.2, 0) is 11.3 Å². The van der Waals surface area contributed by atoms with Crippen molar-refractivity contribution in [1.82, 2.24) is 0 Å². The number of carbonyl (C=O) groups is 2. The lowest BCUT2D eigenvalue weighted by Gasteiger charge is -2.09. The molecule has 0 unspecified atom stereocenters. The average molecular weight is 369 g/mol. The summed E-state index contributed by atoms with van der Waals surface area (Å²) in [5.74, 6) is -1.28. The molecule has 130 valence electrons. The highest BCUT2D eigenvalue weighted by Gasteiger charge is 2.19. The fraction of sp³-hybridized carbons (Fsp3) is 0.0476. The highest BCUT2D eigenvalue weighted by molar-refractivity contribution is 6.30. The zero-order valence-electron chi connectivity index (χ0n) is 13.6. The quantitative estimate of drug-likeness (QED) is 0.466. The van der Waals surface area contributed by atoms with Crippen molar-refractivity contribution >= 4 is 23.4 Å². The smallest absolute Gasteiger partial charge is 0.339 e. The summed E-state index contributed by atoms with van der Waals surface area (Å²) in [6, 6.07) is 18.5. The molecule has 0 saturated carbocycles. The number of hydrogen-bond donors (Lipinski definition) is 0. The molecule has 0 aliphatic carbocycles. The summed E-state index contributed by atoms with van der Waals surface area (Å²) in [6.07, 6.45) is 0. The van der Waals surface area contributed by atoms with Gasteiger partial charge in [-0.05, 0) is 48.0 Å². The molecule has 0 heterocycles. The summed E-state index contributed by atoms with van der Waals surface area (Å²) >= 11 is 5.84. The van der Waals surface area contributed by atoms with Gasteiger partial charge in [-0.1, -0.05) is 41.9 Å². The van der Waals surface area contributed by atoms with Gasteiger partial charge in [-0.3, -0.25) is 4.79 Å². The number of ketones is 1.